The third-order valence-corrected chi connectivity index (χ3v) is 4.81. The molecule has 1 fully saturated rings. The van der Waals surface area contributed by atoms with Gasteiger partial charge >= 0.3 is 0 Å². The van der Waals surface area contributed by atoms with Crippen molar-refractivity contribution in [2.24, 2.45) is 0 Å². The minimum absolute atomic E-state index is 0.166. The minimum atomic E-state index is 0.166. The number of para-hydroxylation sites is 2. The number of nitrogens with zero attached hydrogens (tertiary/aromatic N) is 3. The fourth-order valence-electron chi connectivity index (χ4n) is 3.60. The number of imidazole rings is 1. The third kappa shape index (κ3) is 2.58. The lowest BCUT2D eigenvalue weighted by atomic mass is 10.1. The molecule has 1 amide bonds. The molecule has 1 aromatic heterocycles. The number of likely N-dealkylation sites (N-methyl/N-ethyl adjacent to an activating group) is 1. The van der Waals surface area contributed by atoms with Crippen LogP contribution >= 0.6 is 0 Å². The number of amides is 1. The molecular weight excluding hydrogens is 298 g/mol. The first-order valence-electron chi connectivity index (χ1n) is 8.36. The number of carbonyl (C=O) groups excluding carboxylic acids is 1. The lowest BCUT2D eigenvalue weighted by Gasteiger charge is -2.14. The summed E-state index contributed by atoms with van der Waals surface area (Å²) in [5, 5.41) is 0. The monoisotopic (exact) mass is 319 g/mol. The van der Waals surface area contributed by atoms with E-state index in [1.165, 1.54) is 11.1 Å². The van der Waals surface area contributed by atoms with Gasteiger partial charge in [0.15, 0.2) is 0 Å². The van der Waals surface area contributed by atoms with Gasteiger partial charge in [-0.2, -0.15) is 0 Å². The Bertz CT molecular complexity index is 912. The predicted octanol–water partition coefficient (Wildman–Crippen LogP) is 3.34. The highest BCUT2D eigenvalue weighted by Gasteiger charge is 2.31. The van der Waals surface area contributed by atoms with Gasteiger partial charge in [-0.1, -0.05) is 42.0 Å². The van der Waals surface area contributed by atoms with E-state index >= 15 is 0 Å². The minimum Gasteiger partial charge on any atom is -0.345 e. The van der Waals surface area contributed by atoms with Gasteiger partial charge in [0.1, 0.15) is 5.82 Å². The summed E-state index contributed by atoms with van der Waals surface area (Å²) in [6.07, 6.45) is 0.549. The number of aryl methyl sites for hydroxylation is 1. The fourth-order valence-corrected chi connectivity index (χ4v) is 3.60. The van der Waals surface area contributed by atoms with Crippen LogP contribution in [0.15, 0.2) is 48.5 Å². The lowest BCUT2D eigenvalue weighted by Crippen LogP contribution is -2.19. The second-order valence-electron chi connectivity index (χ2n) is 6.71. The Morgan fingerprint density at radius 2 is 2.00 bits per heavy atom. The van der Waals surface area contributed by atoms with E-state index in [0.717, 1.165) is 29.9 Å². The highest BCUT2D eigenvalue weighted by molar-refractivity contribution is 5.80. The molecule has 4 rings (SSSR count). The molecule has 0 bridgehead atoms. The van der Waals surface area contributed by atoms with E-state index in [1.807, 2.05) is 25.2 Å². The summed E-state index contributed by atoms with van der Waals surface area (Å²) < 4.78 is 2.28. The van der Waals surface area contributed by atoms with E-state index in [9.17, 15) is 4.79 Å². The molecule has 1 aliphatic rings. The van der Waals surface area contributed by atoms with Crippen LogP contribution in [-0.2, 0) is 11.3 Å². The summed E-state index contributed by atoms with van der Waals surface area (Å²) in [6.45, 7) is 3.64. The molecule has 0 spiro atoms. The summed E-state index contributed by atoms with van der Waals surface area (Å²) in [5.74, 6) is 1.39. The quantitative estimate of drug-likeness (QED) is 0.742. The molecular formula is C20H21N3O. The Labute approximate surface area is 141 Å². The maximum atomic E-state index is 12.0. The molecule has 1 aliphatic heterocycles. The Morgan fingerprint density at radius 3 is 2.75 bits per heavy atom. The van der Waals surface area contributed by atoms with Crippen LogP contribution < -0.4 is 0 Å². The standard InChI is InChI=1S/C20H21N3O/c1-14-6-5-7-15(10-14)12-23-18-9-4-3-8-17(18)21-20(23)16-11-19(24)22(2)13-16/h3-10,16H,11-13H2,1-2H3/t16-/m1/s1. The number of aromatic nitrogens is 2. The van der Waals surface area contributed by atoms with E-state index in [2.05, 4.69) is 41.8 Å². The Balaban J connectivity index is 1.80. The van der Waals surface area contributed by atoms with Gasteiger partial charge in [0, 0.05) is 32.5 Å². The Hall–Kier alpha value is -2.62. The van der Waals surface area contributed by atoms with Gasteiger partial charge in [0.25, 0.3) is 0 Å². The van der Waals surface area contributed by atoms with E-state index in [-0.39, 0.29) is 11.8 Å². The number of carbonyl (C=O) groups is 1. The number of fused-ring (bicyclic) bond motifs is 1. The SMILES string of the molecule is Cc1cccc(Cn2c([C@@H]3CC(=O)N(C)C3)nc3ccccc32)c1. The van der Waals surface area contributed by atoms with Crippen LogP contribution in [0.2, 0.25) is 0 Å². The number of benzene rings is 2. The highest BCUT2D eigenvalue weighted by Crippen LogP contribution is 2.30. The fraction of sp³-hybridized carbons (Fsp3) is 0.300. The number of rotatable bonds is 3. The van der Waals surface area contributed by atoms with Gasteiger partial charge in [0.05, 0.1) is 11.0 Å². The van der Waals surface area contributed by atoms with Crippen LogP contribution in [0.4, 0.5) is 0 Å². The first-order chi connectivity index (χ1) is 11.6. The van der Waals surface area contributed by atoms with Gasteiger partial charge in [-0.25, -0.2) is 4.98 Å². The molecule has 2 aromatic carbocycles. The normalized spacial score (nSPS) is 17.8. The van der Waals surface area contributed by atoms with Crippen molar-refractivity contribution in [1.82, 2.24) is 14.5 Å². The van der Waals surface area contributed by atoms with Crippen molar-refractivity contribution in [3.63, 3.8) is 0 Å². The Kier molecular flexibility index (Phi) is 3.60. The average molecular weight is 319 g/mol. The highest BCUT2D eigenvalue weighted by atomic mass is 16.2. The molecule has 0 aliphatic carbocycles. The van der Waals surface area contributed by atoms with Crippen molar-refractivity contribution >= 4 is 16.9 Å². The van der Waals surface area contributed by atoms with Crippen LogP contribution in [-0.4, -0.2) is 34.0 Å². The van der Waals surface area contributed by atoms with Crippen LogP contribution in [0.3, 0.4) is 0 Å². The summed E-state index contributed by atoms with van der Waals surface area (Å²) in [4.78, 5) is 18.6. The molecule has 0 radical (unpaired) electrons. The molecule has 3 aromatic rings. The second-order valence-corrected chi connectivity index (χ2v) is 6.71. The predicted molar refractivity (Wildman–Crippen MR) is 95.0 cm³/mol. The van der Waals surface area contributed by atoms with Gasteiger partial charge < -0.3 is 9.47 Å². The van der Waals surface area contributed by atoms with Gasteiger partial charge in [-0.05, 0) is 24.6 Å². The zero-order valence-electron chi connectivity index (χ0n) is 14.1. The molecule has 0 unspecified atom stereocenters. The van der Waals surface area contributed by atoms with E-state index in [0.29, 0.717) is 6.42 Å². The molecule has 1 atom stereocenters. The largest absolute Gasteiger partial charge is 0.345 e. The first kappa shape index (κ1) is 14.9. The van der Waals surface area contributed by atoms with Crippen LogP contribution in [0.25, 0.3) is 11.0 Å². The number of hydrogen-bond acceptors (Lipinski definition) is 2. The molecule has 0 N–H and O–H groups in total. The number of hydrogen-bond donors (Lipinski definition) is 0. The summed E-state index contributed by atoms with van der Waals surface area (Å²) in [6, 6.07) is 16.8. The van der Waals surface area contributed by atoms with Gasteiger partial charge in [0.2, 0.25) is 5.91 Å². The van der Waals surface area contributed by atoms with Crippen LogP contribution in [0, 0.1) is 6.92 Å². The van der Waals surface area contributed by atoms with E-state index in [1.54, 1.807) is 4.90 Å². The molecule has 24 heavy (non-hydrogen) atoms. The smallest absolute Gasteiger partial charge is 0.223 e. The average Bonchev–Trinajstić information content (AvgIpc) is 3.09. The summed E-state index contributed by atoms with van der Waals surface area (Å²) in [5.41, 5.74) is 4.66. The maximum Gasteiger partial charge on any atom is 0.223 e. The van der Waals surface area contributed by atoms with Crippen molar-refractivity contribution < 1.29 is 4.79 Å². The van der Waals surface area contributed by atoms with Crippen molar-refractivity contribution in [2.45, 2.75) is 25.8 Å². The van der Waals surface area contributed by atoms with Crippen molar-refractivity contribution in [3.05, 3.63) is 65.5 Å². The first-order valence-corrected chi connectivity index (χ1v) is 8.36. The van der Waals surface area contributed by atoms with Gasteiger partial charge in [-0.15, -0.1) is 0 Å². The zero-order chi connectivity index (χ0) is 16.7. The topological polar surface area (TPSA) is 38.1 Å². The maximum absolute atomic E-state index is 12.0. The lowest BCUT2D eigenvalue weighted by molar-refractivity contribution is -0.126. The molecule has 0 saturated carbocycles. The number of likely N-dealkylation sites (tertiary alicyclic amines) is 1. The van der Waals surface area contributed by atoms with Crippen LogP contribution in [0.5, 0.6) is 0 Å². The summed E-state index contributed by atoms with van der Waals surface area (Å²) in [7, 11) is 1.87. The molecule has 4 heteroatoms. The molecule has 4 nitrogen and oxygen atoms in total. The van der Waals surface area contributed by atoms with Crippen molar-refractivity contribution in [1.29, 1.82) is 0 Å². The van der Waals surface area contributed by atoms with E-state index < -0.39 is 0 Å². The van der Waals surface area contributed by atoms with Crippen molar-refractivity contribution in [3.8, 4) is 0 Å². The summed E-state index contributed by atoms with van der Waals surface area (Å²) >= 11 is 0. The van der Waals surface area contributed by atoms with Gasteiger partial charge in [-0.3, -0.25) is 4.79 Å². The molecule has 122 valence electrons. The molecule has 2 heterocycles. The molecule has 1 saturated heterocycles. The van der Waals surface area contributed by atoms with Crippen LogP contribution in [0.1, 0.15) is 29.3 Å². The zero-order valence-corrected chi connectivity index (χ0v) is 14.1. The third-order valence-electron chi connectivity index (χ3n) is 4.81. The van der Waals surface area contributed by atoms with Crippen molar-refractivity contribution in [2.75, 3.05) is 13.6 Å². The Morgan fingerprint density at radius 1 is 1.17 bits per heavy atom. The second kappa shape index (κ2) is 5.78. The van der Waals surface area contributed by atoms with E-state index in [4.69, 9.17) is 4.98 Å².